The fourth-order valence-electron chi connectivity index (χ4n) is 3.99. The van der Waals surface area contributed by atoms with Crippen LogP contribution in [0.25, 0.3) is 10.8 Å². The number of aromatic nitrogens is 2. The van der Waals surface area contributed by atoms with Crippen molar-refractivity contribution >= 4 is 28.1 Å². The third kappa shape index (κ3) is 3.43. The van der Waals surface area contributed by atoms with E-state index in [0.717, 1.165) is 59.0 Å². The fourth-order valence-corrected chi connectivity index (χ4v) is 3.99. The first-order chi connectivity index (χ1) is 13.9. The molecule has 2 aliphatic heterocycles. The molecule has 2 aromatic heterocycles. The second-order valence-electron chi connectivity index (χ2n) is 7.46. The van der Waals surface area contributed by atoms with Gasteiger partial charge < -0.3 is 16.0 Å². The van der Waals surface area contributed by atoms with E-state index in [-0.39, 0.29) is 0 Å². The van der Waals surface area contributed by atoms with E-state index in [1.807, 2.05) is 18.5 Å². The molecule has 1 fully saturated rings. The second kappa shape index (κ2) is 7.56. The van der Waals surface area contributed by atoms with Gasteiger partial charge in [0.05, 0.1) is 12.2 Å². The molecule has 4 heterocycles. The number of anilines is 2. The van der Waals surface area contributed by atoms with Gasteiger partial charge in [-0.2, -0.15) is 0 Å². The zero-order valence-electron chi connectivity index (χ0n) is 15.8. The Kier molecular flexibility index (Phi) is 4.62. The predicted octanol–water partition coefficient (Wildman–Crippen LogP) is 3.41. The Hall–Kier alpha value is -2.99. The molecule has 0 atom stereocenters. The van der Waals surface area contributed by atoms with E-state index in [0.29, 0.717) is 12.5 Å². The van der Waals surface area contributed by atoms with Crippen LogP contribution < -0.4 is 16.0 Å². The molecule has 0 radical (unpaired) electrons. The Balaban J connectivity index is 1.34. The number of hydrogen-bond donors (Lipinski definition) is 3. The number of fused-ring (bicyclic) bond motifs is 2. The summed E-state index contributed by atoms with van der Waals surface area (Å²) in [5.41, 5.74) is 3.14. The first-order valence-corrected chi connectivity index (χ1v) is 9.96. The van der Waals surface area contributed by atoms with Crippen molar-refractivity contribution in [1.82, 2.24) is 15.3 Å². The van der Waals surface area contributed by atoms with Gasteiger partial charge in [-0.05, 0) is 73.6 Å². The number of amidine groups is 1. The summed E-state index contributed by atoms with van der Waals surface area (Å²) in [5, 5.41) is 12.8. The van der Waals surface area contributed by atoms with Crippen LogP contribution in [-0.4, -0.2) is 35.4 Å². The lowest BCUT2D eigenvalue weighted by Crippen LogP contribution is -2.31. The maximum Gasteiger partial charge on any atom is 0.135 e. The Morgan fingerprint density at radius 2 is 1.96 bits per heavy atom. The van der Waals surface area contributed by atoms with Crippen LogP contribution in [0.1, 0.15) is 24.1 Å². The van der Waals surface area contributed by atoms with Crippen LogP contribution in [0.3, 0.4) is 0 Å². The highest BCUT2D eigenvalue weighted by atomic mass is 15.0. The molecule has 1 aromatic carbocycles. The molecule has 3 aromatic rings. The highest BCUT2D eigenvalue weighted by molar-refractivity contribution is 6.11. The first kappa shape index (κ1) is 17.1. The van der Waals surface area contributed by atoms with Gasteiger partial charge in [-0.1, -0.05) is 0 Å². The first-order valence-electron chi connectivity index (χ1n) is 9.96. The van der Waals surface area contributed by atoms with Crippen LogP contribution in [0.4, 0.5) is 11.5 Å². The number of aliphatic imine (C=N–C) groups is 1. The van der Waals surface area contributed by atoms with Crippen molar-refractivity contribution in [2.75, 3.05) is 30.3 Å². The van der Waals surface area contributed by atoms with Crippen LogP contribution in [0.15, 0.2) is 53.8 Å². The molecule has 3 N–H and O–H groups in total. The van der Waals surface area contributed by atoms with Gasteiger partial charge >= 0.3 is 0 Å². The van der Waals surface area contributed by atoms with Crippen LogP contribution >= 0.6 is 0 Å². The molecule has 1 saturated heterocycles. The third-order valence-electron chi connectivity index (χ3n) is 5.58. The molecule has 6 nitrogen and oxygen atoms in total. The smallest absolute Gasteiger partial charge is 0.135 e. The summed E-state index contributed by atoms with van der Waals surface area (Å²) >= 11 is 0. The van der Waals surface area contributed by atoms with Crippen LogP contribution in [-0.2, 0) is 6.54 Å². The maximum absolute atomic E-state index is 4.59. The molecule has 0 spiro atoms. The average molecular weight is 372 g/mol. The van der Waals surface area contributed by atoms with Crippen LogP contribution in [0, 0.1) is 5.92 Å². The van der Waals surface area contributed by atoms with Crippen molar-refractivity contribution in [2.45, 2.75) is 19.4 Å². The highest BCUT2D eigenvalue weighted by Crippen LogP contribution is 2.26. The monoisotopic (exact) mass is 372 g/mol. The van der Waals surface area contributed by atoms with E-state index in [4.69, 9.17) is 0 Å². The highest BCUT2D eigenvalue weighted by Gasteiger charge is 2.17. The number of nitrogens with one attached hydrogen (secondary N) is 3. The SMILES string of the molecule is c1cnc2c(c1)C(Nc1ccc3c(NCC4CCNCC4)nccc3c1)=NC2. The Morgan fingerprint density at radius 1 is 1.04 bits per heavy atom. The Bertz CT molecular complexity index is 1020. The minimum absolute atomic E-state index is 0.640. The van der Waals surface area contributed by atoms with E-state index in [9.17, 15) is 0 Å². The van der Waals surface area contributed by atoms with Gasteiger partial charge in [0, 0.05) is 35.6 Å². The minimum atomic E-state index is 0.640. The molecule has 0 aliphatic carbocycles. The zero-order chi connectivity index (χ0) is 18.8. The lowest BCUT2D eigenvalue weighted by Gasteiger charge is -2.23. The molecule has 28 heavy (non-hydrogen) atoms. The van der Waals surface area contributed by atoms with E-state index in [1.165, 1.54) is 12.8 Å². The number of nitrogens with zero attached hydrogens (tertiary/aromatic N) is 3. The average Bonchev–Trinajstić information content (AvgIpc) is 3.16. The van der Waals surface area contributed by atoms with Crippen molar-refractivity contribution in [3.05, 3.63) is 60.0 Å². The molecule has 142 valence electrons. The normalized spacial score (nSPS) is 16.6. The molecule has 0 amide bonds. The van der Waals surface area contributed by atoms with Gasteiger partial charge in [0.25, 0.3) is 0 Å². The summed E-state index contributed by atoms with van der Waals surface area (Å²) in [5.74, 6) is 2.57. The fraction of sp³-hybridized carbons (Fsp3) is 0.318. The lowest BCUT2D eigenvalue weighted by molar-refractivity contribution is 0.389. The lowest BCUT2D eigenvalue weighted by atomic mass is 9.98. The van der Waals surface area contributed by atoms with Crippen molar-refractivity contribution in [1.29, 1.82) is 0 Å². The van der Waals surface area contributed by atoms with E-state index >= 15 is 0 Å². The maximum atomic E-state index is 4.59. The van der Waals surface area contributed by atoms with Crippen molar-refractivity contribution in [2.24, 2.45) is 10.9 Å². The molecule has 0 saturated carbocycles. The summed E-state index contributed by atoms with van der Waals surface area (Å²) in [6, 6.07) is 12.5. The molecular formula is C22H24N6. The van der Waals surface area contributed by atoms with Gasteiger partial charge in [-0.25, -0.2) is 4.98 Å². The largest absolute Gasteiger partial charge is 0.369 e. The van der Waals surface area contributed by atoms with E-state index in [2.05, 4.69) is 61.2 Å². The van der Waals surface area contributed by atoms with Gasteiger partial charge in [0.1, 0.15) is 11.7 Å². The molecule has 0 bridgehead atoms. The van der Waals surface area contributed by atoms with Gasteiger partial charge in [-0.3, -0.25) is 9.98 Å². The predicted molar refractivity (Wildman–Crippen MR) is 114 cm³/mol. The Labute approximate surface area is 164 Å². The minimum Gasteiger partial charge on any atom is -0.369 e. The standard InChI is InChI=1S/C22H24N6/c1-2-19-20(24-8-1)14-27-22(19)28-17-3-4-18-16(12-17)7-11-25-21(18)26-13-15-5-9-23-10-6-15/h1-4,7-8,11-12,15,23H,5-6,9-10,13-14H2,(H,25,26)(H,27,28). The molecule has 2 aliphatic rings. The van der Waals surface area contributed by atoms with Gasteiger partial charge in [-0.15, -0.1) is 0 Å². The number of hydrogen-bond acceptors (Lipinski definition) is 6. The topological polar surface area (TPSA) is 74.2 Å². The summed E-state index contributed by atoms with van der Waals surface area (Å²) in [6.07, 6.45) is 6.15. The summed E-state index contributed by atoms with van der Waals surface area (Å²) in [6.45, 7) is 3.86. The summed E-state index contributed by atoms with van der Waals surface area (Å²) in [7, 11) is 0. The van der Waals surface area contributed by atoms with Crippen LogP contribution in [0.2, 0.25) is 0 Å². The van der Waals surface area contributed by atoms with Crippen molar-refractivity contribution in [3.8, 4) is 0 Å². The number of piperidine rings is 1. The van der Waals surface area contributed by atoms with Gasteiger partial charge in [0.2, 0.25) is 0 Å². The second-order valence-corrected chi connectivity index (χ2v) is 7.46. The number of pyridine rings is 2. The Morgan fingerprint density at radius 3 is 2.89 bits per heavy atom. The van der Waals surface area contributed by atoms with E-state index in [1.54, 1.807) is 0 Å². The van der Waals surface area contributed by atoms with Crippen LogP contribution in [0.5, 0.6) is 0 Å². The third-order valence-corrected chi connectivity index (χ3v) is 5.58. The zero-order valence-corrected chi connectivity index (χ0v) is 15.8. The molecule has 5 rings (SSSR count). The number of benzene rings is 1. The van der Waals surface area contributed by atoms with Crippen molar-refractivity contribution < 1.29 is 0 Å². The quantitative estimate of drug-likeness (QED) is 0.654. The summed E-state index contributed by atoms with van der Waals surface area (Å²) < 4.78 is 0. The molecule has 0 unspecified atom stereocenters. The summed E-state index contributed by atoms with van der Waals surface area (Å²) in [4.78, 5) is 13.6. The number of rotatable bonds is 4. The molecule has 6 heteroatoms. The van der Waals surface area contributed by atoms with Crippen molar-refractivity contribution in [3.63, 3.8) is 0 Å². The van der Waals surface area contributed by atoms with E-state index < -0.39 is 0 Å². The van der Waals surface area contributed by atoms with Gasteiger partial charge in [0.15, 0.2) is 0 Å². The molecular weight excluding hydrogens is 348 g/mol.